The molecule has 1 aromatic rings. The fourth-order valence-electron chi connectivity index (χ4n) is 2.25. The van der Waals surface area contributed by atoms with Gasteiger partial charge in [-0.1, -0.05) is 0 Å². The molecule has 2 aliphatic rings. The molecule has 3 rings (SSSR count). The molecule has 6 nitrogen and oxygen atoms in total. The van der Waals surface area contributed by atoms with Crippen LogP contribution in [0, 0.1) is 0 Å². The van der Waals surface area contributed by atoms with Gasteiger partial charge in [0.25, 0.3) is 11.1 Å². The number of hydrogen-bond acceptors (Lipinski definition) is 6. The second kappa shape index (κ2) is 5.92. The summed E-state index contributed by atoms with van der Waals surface area (Å²) in [6.45, 7) is 4.65. The van der Waals surface area contributed by atoms with Crippen LogP contribution < -0.4 is 14.2 Å². The molecule has 0 N–H and O–H groups in total. The molecule has 0 atom stereocenters. The van der Waals surface area contributed by atoms with Crippen LogP contribution in [0.5, 0.6) is 17.2 Å². The number of nitrogens with zero attached hydrogens (tertiary/aromatic N) is 1. The maximum absolute atomic E-state index is 12.2. The van der Waals surface area contributed by atoms with Gasteiger partial charge in [-0.15, -0.1) is 0 Å². The molecule has 0 aromatic heterocycles. The van der Waals surface area contributed by atoms with Crippen LogP contribution in [0.25, 0.3) is 6.08 Å². The summed E-state index contributed by atoms with van der Waals surface area (Å²) in [6, 6.07) is 3.50. The van der Waals surface area contributed by atoms with Crippen molar-refractivity contribution < 1.29 is 23.8 Å². The lowest BCUT2D eigenvalue weighted by atomic mass is 10.1. The number of imide groups is 1. The Labute approximate surface area is 132 Å². The van der Waals surface area contributed by atoms with Crippen LogP contribution in [0.4, 0.5) is 4.79 Å². The summed E-state index contributed by atoms with van der Waals surface area (Å²) in [5.74, 6) is 1.53. The van der Waals surface area contributed by atoms with Crippen LogP contribution in [0.3, 0.4) is 0 Å². The average molecular weight is 321 g/mol. The van der Waals surface area contributed by atoms with Crippen molar-refractivity contribution in [1.82, 2.24) is 4.90 Å². The molecule has 22 heavy (non-hydrogen) atoms. The van der Waals surface area contributed by atoms with Crippen molar-refractivity contribution in [3.63, 3.8) is 0 Å². The van der Waals surface area contributed by atoms with Gasteiger partial charge in [-0.25, -0.2) is 0 Å². The van der Waals surface area contributed by atoms with Crippen molar-refractivity contribution in [2.45, 2.75) is 13.8 Å². The van der Waals surface area contributed by atoms with Crippen molar-refractivity contribution in [1.29, 1.82) is 0 Å². The zero-order valence-corrected chi connectivity index (χ0v) is 13.1. The van der Waals surface area contributed by atoms with E-state index in [1.54, 1.807) is 25.1 Å². The highest BCUT2D eigenvalue weighted by molar-refractivity contribution is 8.18. The fourth-order valence-corrected chi connectivity index (χ4v) is 3.14. The molecule has 1 aromatic carbocycles. The number of hydrogen-bond donors (Lipinski definition) is 0. The van der Waals surface area contributed by atoms with Crippen molar-refractivity contribution >= 4 is 29.0 Å². The van der Waals surface area contributed by atoms with Crippen molar-refractivity contribution in [3.8, 4) is 17.2 Å². The Morgan fingerprint density at radius 1 is 1.27 bits per heavy atom. The number of benzene rings is 1. The Morgan fingerprint density at radius 2 is 2.00 bits per heavy atom. The Bertz CT molecular complexity index is 670. The molecule has 0 radical (unpaired) electrons. The van der Waals surface area contributed by atoms with Gasteiger partial charge in [0.1, 0.15) is 5.75 Å². The lowest BCUT2D eigenvalue weighted by Gasteiger charge is -2.09. The number of amides is 2. The SMILES string of the molecule is CCOc1cc2c(cc1/C=C1/SC(=O)N(CC)C1=O)OCO2. The number of ether oxygens (including phenoxy) is 3. The fraction of sp³-hybridized carbons (Fsp3) is 0.333. The first-order valence-electron chi connectivity index (χ1n) is 6.95. The first-order chi connectivity index (χ1) is 10.6. The van der Waals surface area contributed by atoms with Gasteiger partial charge in [0.05, 0.1) is 11.5 Å². The highest BCUT2D eigenvalue weighted by Crippen LogP contribution is 2.41. The third-order valence-electron chi connectivity index (χ3n) is 3.28. The molecular formula is C15H15NO5S. The van der Waals surface area contributed by atoms with Crippen LogP contribution in [0.15, 0.2) is 17.0 Å². The second-order valence-electron chi connectivity index (χ2n) is 4.60. The molecule has 0 spiro atoms. The maximum Gasteiger partial charge on any atom is 0.293 e. The van der Waals surface area contributed by atoms with Gasteiger partial charge < -0.3 is 14.2 Å². The molecule has 116 valence electrons. The zero-order chi connectivity index (χ0) is 15.7. The van der Waals surface area contributed by atoms with Crippen LogP contribution in [0.2, 0.25) is 0 Å². The third-order valence-corrected chi connectivity index (χ3v) is 4.19. The number of carbonyl (C=O) groups is 2. The van der Waals surface area contributed by atoms with Gasteiger partial charge in [-0.05, 0) is 37.8 Å². The summed E-state index contributed by atoms with van der Waals surface area (Å²) in [5, 5.41) is -0.252. The molecule has 2 heterocycles. The smallest absolute Gasteiger partial charge is 0.293 e. The Hall–Kier alpha value is -2.15. The van der Waals surface area contributed by atoms with Crippen molar-refractivity contribution in [2.24, 2.45) is 0 Å². The predicted molar refractivity (Wildman–Crippen MR) is 82.1 cm³/mol. The molecule has 7 heteroatoms. The summed E-state index contributed by atoms with van der Waals surface area (Å²) in [6.07, 6.45) is 1.66. The summed E-state index contributed by atoms with van der Waals surface area (Å²) >= 11 is 0.932. The Morgan fingerprint density at radius 3 is 2.64 bits per heavy atom. The highest BCUT2D eigenvalue weighted by Gasteiger charge is 2.34. The Kier molecular flexibility index (Phi) is 3.98. The van der Waals surface area contributed by atoms with Crippen molar-refractivity contribution in [3.05, 3.63) is 22.6 Å². The summed E-state index contributed by atoms with van der Waals surface area (Å²) in [4.78, 5) is 25.5. The molecular weight excluding hydrogens is 306 g/mol. The summed E-state index contributed by atoms with van der Waals surface area (Å²) < 4.78 is 16.3. The van der Waals surface area contributed by atoms with Crippen LogP contribution >= 0.6 is 11.8 Å². The first-order valence-corrected chi connectivity index (χ1v) is 7.77. The molecule has 0 unspecified atom stereocenters. The molecule has 1 fully saturated rings. The highest BCUT2D eigenvalue weighted by atomic mass is 32.2. The number of likely N-dealkylation sites (N-methyl/N-ethyl adjacent to an activating group) is 1. The standard InChI is InChI=1S/C15H15NO5S/c1-3-16-14(17)13(22-15(16)18)6-9-5-11-12(21-8-20-11)7-10(9)19-4-2/h5-7H,3-4,8H2,1-2H3/b13-6+. The normalized spacial score (nSPS) is 18.5. The Balaban J connectivity index is 1.99. The molecule has 0 aliphatic carbocycles. The molecule has 0 bridgehead atoms. The number of carbonyl (C=O) groups excluding carboxylic acids is 2. The maximum atomic E-state index is 12.2. The van der Waals surface area contributed by atoms with E-state index in [4.69, 9.17) is 14.2 Å². The minimum absolute atomic E-state index is 0.163. The largest absolute Gasteiger partial charge is 0.493 e. The van der Waals surface area contributed by atoms with E-state index in [9.17, 15) is 9.59 Å². The summed E-state index contributed by atoms with van der Waals surface area (Å²) in [5.41, 5.74) is 0.688. The lowest BCUT2D eigenvalue weighted by Crippen LogP contribution is -2.27. The van der Waals surface area contributed by atoms with E-state index in [2.05, 4.69) is 0 Å². The van der Waals surface area contributed by atoms with E-state index < -0.39 is 0 Å². The van der Waals surface area contributed by atoms with Gasteiger partial charge in [-0.2, -0.15) is 0 Å². The molecule has 1 saturated heterocycles. The molecule has 2 amide bonds. The molecule has 0 saturated carbocycles. The first kappa shape index (κ1) is 14.8. The zero-order valence-electron chi connectivity index (χ0n) is 12.3. The topological polar surface area (TPSA) is 65.1 Å². The van der Waals surface area contributed by atoms with E-state index in [0.717, 1.165) is 11.8 Å². The van der Waals surface area contributed by atoms with E-state index in [0.29, 0.717) is 40.9 Å². The van der Waals surface area contributed by atoms with Gasteiger partial charge in [0, 0.05) is 18.2 Å². The predicted octanol–water partition coefficient (Wildman–Crippen LogP) is 2.87. The third kappa shape index (κ3) is 2.52. The van der Waals surface area contributed by atoms with Gasteiger partial charge in [0.2, 0.25) is 6.79 Å². The van der Waals surface area contributed by atoms with E-state index in [1.807, 2.05) is 6.92 Å². The number of rotatable bonds is 4. The average Bonchev–Trinajstić information content (AvgIpc) is 3.04. The van der Waals surface area contributed by atoms with Crippen LogP contribution in [-0.4, -0.2) is 36.0 Å². The number of thioether (sulfide) groups is 1. The van der Waals surface area contributed by atoms with Crippen LogP contribution in [-0.2, 0) is 4.79 Å². The van der Waals surface area contributed by atoms with E-state index in [1.165, 1.54) is 4.90 Å². The quantitative estimate of drug-likeness (QED) is 0.795. The second-order valence-corrected chi connectivity index (χ2v) is 5.60. The van der Waals surface area contributed by atoms with Crippen LogP contribution in [0.1, 0.15) is 19.4 Å². The van der Waals surface area contributed by atoms with Gasteiger partial charge in [-0.3, -0.25) is 14.5 Å². The number of fused-ring (bicyclic) bond motifs is 1. The van der Waals surface area contributed by atoms with Gasteiger partial charge >= 0.3 is 0 Å². The van der Waals surface area contributed by atoms with E-state index >= 15 is 0 Å². The monoisotopic (exact) mass is 321 g/mol. The lowest BCUT2D eigenvalue weighted by molar-refractivity contribution is -0.122. The van der Waals surface area contributed by atoms with Gasteiger partial charge in [0.15, 0.2) is 11.5 Å². The van der Waals surface area contributed by atoms with Crippen molar-refractivity contribution in [2.75, 3.05) is 19.9 Å². The molecule has 2 aliphatic heterocycles. The summed E-state index contributed by atoms with van der Waals surface area (Å²) in [7, 11) is 0. The minimum Gasteiger partial charge on any atom is -0.493 e. The minimum atomic E-state index is -0.280. The van der Waals surface area contributed by atoms with E-state index in [-0.39, 0.29) is 17.9 Å².